The summed E-state index contributed by atoms with van der Waals surface area (Å²) in [6.45, 7) is 19.1. The van der Waals surface area contributed by atoms with E-state index in [0.717, 1.165) is 57.8 Å². The zero-order valence-corrected chi connectivity index (χ0v) is 21.9. The lowest BCUT2D eigenvalue weighted by Gasteiger charge is -2.45. The lowest BCUT2D eigenvalue weighted by atomic mass is 9.93. The minimum absolute atomic E-state index is 0.203. The van der Waals surface area contributed by atoms with E-state index in [2.05, 4.69) is 62.0 Å². The Morgan fingerprint density at radius 3 is 2.58 bits per heavy atom. The summed E-state index contributed by atoms with van der Waals surface area (Å²) in [5.74, 6) is 1.97. The van der Waals surface area contributed by atoms with Crippen molar-refractivity contribution in [3.8, 4) is 0 Å². The van der Waals surface area contributed by atoms with Crippen molar-refractivity contribution in [2.45, 2.75) is 65.6 Å². The summed E-state index contributed by atoms with van der Waals surface area (Å²) in [5.41, 5.74) is 0.379. The van der Waals surface area contributed by atoms with Crippen LogP contribution < -0.4 is 10.6 Å². The van der Waals surface area contributed by atoms with Gasteiger partial charge in [0.25, 0.3) is 0 Å². The van der Waals surface area contributed by atoms with Crippen molar-refractivity contribution in [1.29, 1.82) is 0 Å². The molecule has 0 spiro atoms. The number of ether oxygens (including phenoxy) is 2. The smallest absolute Gasteiger partial charge is 0.147 e. The van der Waals surface area contributed by atoms with Gasteiger partial charge < -0.3 is 19.9 Å². The maximum absolute atomic E-state index is 10.4. The van der Waals surface area contributed by atoms with E-state index in [9.17, 15) is 5.11 Å². The van der Waals surface area contributed by atoms with E-state index in [0.29, 0.717) is 17.9 Å². The maximum Gasteiger partial charge on any atom is 0.147 e. The number of likely N-dealkylation sites (tertiary alicyclic amines) is 1. The average molecular weight is 464 g/mol. The zero-order valence-electron chi connectivity index (χ0n) is 21.9. The van der Waals surface area contributed by atoms with E-state index in [1.54, 1.807) is 25.3 Å². The minimum atomic E-state index is -1.04. The molecule has 0 aromatic heterocycles. The largest absolute Gasteiger partial charge is 0.498 e. The van der Waals surface area contributed by atoms with E-state index in [1.807, 2.05) is 7.05 Å². The van der Waals surface area contributed by atoms with Crippen molar-refractivity contribution in [2.75, 3.05) is 46.4 Å². The first-order valence-corrected chi connectivity index (χ1v) is 12.5. The molecule has 1 fully saturated rings. The lowest BCUT2D eigenvalue weighted by molar-refractivity contribution is -0.0420. The van der Waals surface area contributed by atoms with Gasteiger partial charge in [-0.2, -0.15) is 0 Å². The normalized spacial score (nSPS) is 18.9. The Balaban J connectivity index is 2.50. The van der Waals surface area contributed by atoms with Crippen molar-refractivity contribution in [2.24, 2.45) is 11.8 Å². The van der Waals surface area contributed by atoms with Gasteiger partial charge >= 0.3 is 0 Å². The van der Waals surface area contributed by atoms with Crippen LogP contribution in [-0.2, 0) is 9.47 Å². The standard InChI is InChI=1S/C27H49N3O3/c1-8-10-16-32-21-27(6,31)29-18-24-19-30(20-24)23(5)25(9-2)13-14-26(22(3)4)33-17-12-11-15-28-7/h8,10,13-14,16,22-24,28-29,31H,1,9,11-12,15,17-21H2,2-7H3/b16-10-,25-13+,26-14+. The second-order valence-corrected chi connectivity index (χ2v) is 9.50. The first-order chi connectivity index (χ1) is 15.7. The number of nitrogens with zero attached hydrogens (tertiary/aromatic N) is 1. The number of allylic oxidation sites excluding steroid dienone is 5. The second kappa shape index (κ2) is 16.1. The Hall–Kier alpha value is -1.60. The highest BCUT2D eigenvalue weighted by Crippen LogP contribution is 2.24. The third-order valence-electron chi connectivity index (χ3n) is 6.05. The van der Waals surface area contributed by atoms with Crippen LogP contribution in [0.2, 0.25) is 0 Å². The monoisotopic (exact) mass is 463 g/mol. The van der Waals surface area contributed by atoms with Gasteiger partial charge in [-0.25, -0.2) is 0 Å². The van der Waals surface area contributed by atoms with Crippen molar-refractivity contribution < 1.29 is 14.6 Å². The van der Waals surface area contributed by atoms with Crippen molar-refractivity contribution in [1.82, 2.24) is 15.5 Å². The predicted molar refractivity (Wildman–Crippen MR) is 139 cm³/mol. The summed E-state index contributed by atoms with van der Waals surface area (Å²) < 4.78 is 11.4. The molecule has 0 radical (unpaired) electrons. The van der Waals surface area contributed by atoms with E-state index in [1.165, 1.54) is 5.57 Å². The summed E-state index contributed by atoms with van der Waals surface area (Å²) in [5, 5.41) is 16.8. The van der Waals surface area contributed by atoms with Crippen LogP contribution in [0.15, 0.2) is 48.5 Å². The van der Waals surface area contributed by atoms with Gasteiger partial charge in [0.15, 0.2) is 0 Å². The van der Waals surface area contributed by atoms with Crippen LogP contribution in [0.4, 0.5) is 0 Å². The lowest BCUT2D eigenvalue weighted by Crippen LogP contribution is -2.57. The van der Waals surface area contributed by atoms with Gasteiger partial charge in [-0.15, -0.1) is 0 Å². The Morgan fingerprint density at radius 1 is 1.24 bits per heavy atom. The first kappa shape index (κ1) is 29.4. The Bertz CT molecular complexity index is 635. The van der Waals surface area contributed by atoms with Crippen molar-refractivity contribution in [3.63, 3.8) is 0 Å². The second-order valence-electron chi connectivity index (χ2n) is 9.50. The highest BCUT2D eigenvalue weighted by Gasteiger charge is 2.32. The number of nitrogens with one attached hydrogen (secondary N) is 2. The summed E-state index contributed by atoms with van der Waals surface area (Å²) in [4.78, 5) is 2.50. The molecule has 6 heteroatoms. The van der Waals surface area contributed by atoms with E-state index in [-0.39, 0.29) is 6.61 Å². The SMILES string of the molecule is C=C/C=C\OCC(C)(O)NCC1CN(C(C)/C(=C/C=C(/OCCCCNC)C(C)C)CC)C1. The fraction of sp³-hybridized carbons (Fsp3) is 0.704. The molecule has 1 saturated heterocycles. The van der Waals surface area contributed by atoms with Gasteiger partial charge in [-0.3, -0.25) is 10.2 Å². The fourth-order valence-corrected chi connectivity index (χ4v) is 3.77. The van der Waals surface area contributed by atoms with Gasteiger partial charge in [0.05, 0.1) is 18.6 Å². The molecule has 33 heavy (non-hydrogen) atoms. The van der Waals surface area contributed by atoms with Crippen LogP contribution in [0.5, 0.6) is 0 Å². The average Bonchev–Trinajstić information content (AvgIpc) is 2.74. The minimum Gasteiger partial charge on any atom is -0.498 e. The molecule has 0 bridgehead atoms. The zero-order chi connectivity index (χ0) is 24.7. The molecule has 0 aromatic carbocycles. The third kappa shape index (κ3) is 11.9. The van der Waals surface area contributed by atoms with Gasteiger partial charge in [-0.1, -0.05) is 45.1 Å². The molecule has 0 amide bonds. The first-order valence-electron chi connectivity index (χ1n) is 12.5. The molecule has 0 saturated carbocycles. The molecule has 1 aliphatic rings. The van der Waals surface area contributed by atoms with Crippen LogP contribution in [0.3, 0.4) is 0 Å². The van der Waals surface area contributed by atoms with Gasteiger partial charge in [0, 0.05) is 31.6 Å². The van der Waals surface area contributed by atoms with E-state index >= 15 is 0 Å². The van der Waals surface area contributed by atoms with Crippen molar-refractivity contribution >= 4 is 0 Å². The van der Waals surface area contributed by atoms with Crippen LogP contribution in [0.1, 0.15) is 53.9 Å². The molecule has 6 nitrogen and oxygen atoms in total. The van der Waals surface area contributed by atoms with Gasteiger partial charge in [0.2, 0.25) is 0 Å². The molecule has 1 aliphatic heterocycles. The molecule has 2 unspecified atom stereocenters. The fourth-order valence-electron chi connectivity index (χ4n) is 3.77. The van der Waals surface area contributed by atoms with Crippen LogP contribution >= 0.6 is 0 Å². The summed E-state index contributed by atoms with van der Waals surface area (Å²) in [6.07, 6.45) is 12.6. The number of hydrogen-bond acceptors (Lipinski definition) is 6. The van der Waals surface area contributed by atoms with Crippen LogP contribution in [-0.4, -0.2) is 68.2 Å². The van der Waals surface area contributed by atoms with E-state index in [4.69, 9.17) is 9.47 Å². The number of unbranched alkanes of at least 4 members (excludes halogenated alkanes) is 1. The molecular formula is C27H49N3O3. The molecular weight excluding hydrogens is 414 g/mol. The molecule has 0 aliphatic carbocycles. The number of rotatable bonds is 18. The van der Waals surface area contributed by atoms with Gasteiger partial charge in [-0.05, 0) is 64.8 Å². The summed E-state index contributed by atoms with van der Waals surface area (Å²) in [6, 6.07) is 0.402. The quantitative estimate of drug-likeness (QED) is 0.122. The molecule has 2 atom stereocenters. The third-order valence-corrected chi connectivity index (χ3v) is 6.05. The van der Waals surface area contributed by atoms with Crippen LogP contribution in [0.25, 0.3) is 0 Å². The Kier molecular flexibility index (Phi) is 14.4. The Labute approximate surface area is 202 Å². The van der Waals surface area contributed by atoms with E-state index < -0.39 is 5.72 Å². The Morgan fingerprint density at radius 2 is 1.97 bits per heavy atom. The molecule has 0 aromatic rings. The number of hydrogen-bond donors (Lipinski definition) is 3. The molecule has 3 N–H and O–H groups in total. The molecule has 1 rings (SSSR count). The maximum atomic E-state index is 10.4. The number of aliphatic hydroxyl groups is 1. The topological polar surface area (TPSA) is 66.0 Å². The highest BCUT2D eigenvalue weighted by molar-refractivity contribution is 5.20. The van der Waals surface area contributed by atoms with Crippen LogP contribution in [0, 0.1) is 11.8 Å². The van der Waals surface area contributed by atoms with Crippen molar-refractivity contribution in [3.05, 3.63) is 48.5 Å². The predicted octanol–water partition coefficient (Wildman–Crippen LogP) is 4.21. The van der Waals surface area contributed by atoms with Gasteiger partial charge in [0.1, 0.15) is 12.3 Å². The summed E-state index contributed by atoms with van der Waals surface area (Å²) >= 11 is 0. The molecule has 1 heterocycles. The summed E-state index contributed by atoms with van der Waals surface area (Å²) in [7, 11) is 1.98. The molecule has 190 valence electrons. The highest BCUT2D eigenvalue weighted by atomic mass is 16.5.